The fraction of sp³-hybridized carbons (Fsp3) is 0.350. The van der Waals surface area contributed by atoms with Crippen LogP contribution in [0.15, 0.2) is 48.5 Å². The Balaban J connectivity index is 1.47. The lowest BCUT2D eigenvalue weighted by Crippen LogP contribution is -2.42. The largest absolute Gasteiger partial charge is 0.341 e. The van der Waals surface area contributed by atoms with Crippen LogP contribution < -0.4 is 10.2 Å². The van der Waals surface area contributed by atoms with E-state index < -0.39 is 16.1 Å². The summed E-state index contributed by atoms with van der Waals surface area (Å²) >= 11 is 0. The van der Waals surface area contributed by atoms with E-state index in [4.69, 9.17) is 0 Å². The maximum Gasteiger partial charge on any atom is 0.242 e. The van der Waals surface area contributed by atoms with Gasteiger partial charge < -0.3 is 10.2 Å². The van der Waals surface area contributed by atoms with Crippen LogP contribution in [0, 0.1) is 0 Å². The first-order valence-corrected chi connectivity index (χ1v) is 11.0. The van der Waals surface area contributed by atoms with Gasteiger partial charge in [0.05, 0.1) is 6.26 Å². The van der Waals surface area contributed by atoms with Gasteiger partial charge in [-0.3, -0.25) is 4.79 Å². The minimum absolute atomic E-state index is 0.266. The summed E-state index contributed by atoms with van der Waals surface area (Å²) in [4.78, 5) is 14.8. The summed E-state index contributed by atoms with van der Waals surface area (Å²) in [5.74, 6) is -0.266. The number of benzene rings is 2. The van der Waals surface area contributed by atoms with Crippen molar-refractivity contribution in [3.63, 3.8) is 0 Å². The van der Waals surface area contributed by atoms with Crippen LogP contribution in [0.4, 0.5) is 17.1 Å². The van der Waals surface area contributed by atoms with E-state index in [-0.39, 0.29) is 5.91 Å². The zero-order valence-electron chi connectivity index (χ0n) is 15.3. The molecule has 6 nitrogen and oxygen atoms in total. The molecule has 0 aliphatic carbocycles. The molecular weight excluding hydrogens is 362 g/mol. The molecule has 2 heterocycles. The molecule has 7 heteroatoms. The van der Waals surface area contributed by atoms with Gasteiger partial charge in [-0.25, -0.2) is 8.42 Å². The molecule has 27 heavy (non-hydrogen) atoms. The number of fused-ring (bicyclic) bond motifs is 1. The quantitative estimate of drug-likeness (QED) is 0.879. The van der Waals surface area contributed by atoms with E-state index in [2.05, 4.69) is 28.4 Å². The fourth-order valence-electron chi connectivity index (χ4n) is 3.96. The van der Waals surface area contributed by atoms with Crippen molar-refractivity contribution in [2.75, 3.05) is 29.6 Å². The van der Waals surface area contributed by atoms with Crippen LogP contribution in [0.25, 0.3) is 0 Å². The molecule has 0 unspecified atom stereocenters. The van der Waals surface area contributed by atoms with Gasteiger partial charge in [-0.05, 0) is 55.2 Å². The van der Waals surface area contributed by atoms with Gasteiger partial charge in [0.25, 0.3) is 0 Å². The highest BCUT2D eigenvalue weighted by molar-refractivity contribution is 7.88. The highest BCUT2D eigenvalue weighted by atomic mass is 32.2. The zero-order chi connectivity index (χ0) is 19.0. The minimum atomic E-state index is -3.37. The normalized spacial score (nSPS) is 19.9. The van der Waals surface area contributed by atoms with Gasteiger partial charge in [0.1, 0.15) is 6.04 Å². The Kier molecular flexibility index (Phi) is 4.65. The molecule has 1 saturated heterocycles. The Morgan fingerprint density at radius 3 is 2.56 bits per heavy atom. The third-order valence-corrected chi connectivity index (χ3v) is 6.56. The van der Waals surface area contributed by atoms with E-state index in [0.29, 0.717) is 25.1 Å². The van der Waals surface area contributed by atoms with Crippen LogP contribution in [0.1, 0.15) is 18.4 Å². The van der Waals surface area contributed by atoms with Crippen molar-refractivity contribution in [2.45, 2.75) is 25.3 Å². The number of carbonyl (C=O) groups excluding carboxylic acids is 1. The maximum absolute atomic E-state index is 12.5. The van der Waals surface area contributed by atoms with E-state index in [1.54, 1.807) is 0 Å². The van der Waals surface area contributed by atoms with E-state index >= 15 is 0 Å². The number of nitrogens with one attached hydrogen (secondary N) is 1. The average molecular weight is 385 g/mol. The van der Waals surface area contributed by atoms with Crippen LogP contribution in [-0.2, 0) is 21.2 Å². The third kappa shape index (κ3) is 3.57. The maximum atomic E-state index is 12.5. The molecule has 4 rings (SSSR count). The van der Waals surface area contributed by atoms with Crippen LogP contribution in [-0.4, -0.2) is 44.0 Å². The number of hydrogen-bond donors (Lipinski definition) is 1. The molecule has 1 atom stereocenters. The molecule has 2 aliphatic rings. The number of rotatable bonds is 4. The first-order valence-electron chi connectivity index (χ1n) is 9.17. The van der Waals surface area contributed by atoms with Gasteiger partial charge in [-0.1, -0.05) is 18.2 Å². The van der Waals surface area contributed by atoms with Crippen molar-refractivity contribution >= 4 is 33.0 Å². The Morgan fingerprint density at radius 2 is 1.81 bits per heavy atom. The predicted molar refractivity (Wildman–Crippen MR) is 107 cm³/mol. The summed E-state index contributed by atoms with van der Waals surface area (Å²) in [6.07, 6.45) is 3.44. The SMILES string of the molecule is CS(=O)(=O)N1CCC[C@H]1C(=O)Nc1ccc(N2CCc3ccccc32)cc1. The summed E-state index contributed by atoms with van der Waals surface area (Å²) < 4.78 is 25.0. The van der Waals surface area contributed by atoms with Crippen molar-refractivity contribution in [3.05, 3.63) is 54.1 Å². The average Bonchev–Trinajstić information content (AvgIpc) is 3.29. The number of carbonyl (C=O) groups is 1. The Hall–Kier alpha value is -2.38. The number of para-hydroxylation sites is 1. The number of hydrogen-bond acceptors (Lipinski definition) is 4. The first kappa shape index (κ1) is 18.0. The van der Waals surface area contributed by atoms with Gasteiger partial charge in [0.2, 0.25) is 15.9 Å². The monoisotopic (exact) mass is 385 g/mol. The molecule has 0 bridgehead atoms. The zero-order valence-corrected chi connectivity index (χ0v) is 16.1. The highest BCUT2D eigenvalue weighted by Gasteiger charge is 2.36. The molecule has 2 aromatic carbocycles. The summed E-state index contributed by atoms with van der Waals surface area (Å²) in [5.41, 5.74) is 4.33. The standard InChI is InChI=1S/C20H23N3O3S/c1-27(25,26)23-13-4-7-19(23)20(24)21-16-8-10-17(11-9-16)22-14-12-15-5-2-3-6-18(15)22/h2-3,5-6,8-11,19H,4,7,12-14H2,1H3,(H,21,24)/t19-/m0/s1. The van der Waals surface area contributed by atoms with Crippen molar-refractivity contribution in [2.24, 2.45) is 0 Å². The Morgan fingerprint density at radius 1 is 1.07 bits per heavy atom. The number of sulfonamides is 1. The van der Waals surface area contributed by atoms with Crippen molar-refractivity contribution < 1.29 is 13.2 Å². The van der Waals surface area contributed by atoms with Crippen LogP contribution in [0.5, 0.6) is 0 Å². The smallest absolute Gasteiger partial charge is 0.242 e. The minimum Gasteiger partial charge on any atom is -0.341 e. The molecule has 1 amide bonds. The van der Waals surface area contributed by atoms with Gasteiger partial charge in [-0.2, -0.15) is 4.31 Å². The van der Waals surface area contributed by atoms with E-state index in [1.165, 1.54) is 15.6 Å². The second-order valence-electron chi connectivity index (χ2n) is 7.10. The fourth-order valence-corrected chi connectivity index (χ4v) is 5.08. The molecule has 2 aromatic rings. The lowest BCUT2D eigenvalue weighted by atomic mass is 10.2. The summed E-state index contributed by atoms with van der Waals surface area (Å²) in [6, 6.07) is 15.5. The number of anilines is 3. The molecule has 0 aromatic heterocycles. The van der Waals surface area contributed by atoms with Gasteiger partial charge in [-0.15, -0.1) is 0 Å². The molecule has 1 N–H and O–H groups in total. The second kappa shape index (κ2) is 6.98. The van der Waals surface area contributed by atoms with Crippen LogP contribution in [0.2, 0.25) is 0 Å². The topological polar surface area (TPSA) is 69.7 Å². The molecule has 0 saturated carbocycles. The molecule has 0 radical (unpaired) electrons. The molecular formula is C20H23N3O3S. The highest BCUT2D eigenvalue weighted by Crippen LogP contribution is 2.34. The van der Waals surface area contributed by atoms with E-state index in [1.807, 2.05) is 30.3 Å². The molecule has 0 spiro atoms. The lowest BCUT2D eigenvalue weighted by Gasteiger charge is -2.22. The van der Waals surface area contributed by atoms with Gasteiger partial charge in [0.15, 0.2) is 0 Å². The first-order chi connectivity index (χ1) is 12.9. The summed E-state index contributed by atoms with van der Waals surface area (Å²) in [6.45, 7) is 1.35. The van der Waals surface area contributed by atoms with Crippen molar-refractivity contribution in [1.29, 1.82) is 0 Å². The van der Waals surface area contributed by atoms with Crippen LogP contribution >= 0.6 is 0 Å². The molecule has 2 aliphatic heterocycles. The Labute approximate surface area is 159 Å². The number of amides is 1. The second-order valence-corrected chi connectivity index (χ2v) is 9.03. The van der Waals surface area contributed by atoms with Crippen LogP contribution in [0.3, 0.4) is 0 Å². The lowest BCUT2D eigenvalue weighted by molar-refractivity contribution is -0.119. The Bertz CT molecular complexity index is 957. The van der Waals surface area contributed by atoms with E-state index in [9.17, 15) is 13.2 Å². The number of nitrogens with zero attached hydrogens (tertiary/aromatic N) is 2. The van der Waals surface area contributed by atoms with Crippen molar-refractivity contribution in [3.8, 4) is 0 Å². The van der Waals surface area contributed by atoms with E-state index in [0.717, 1.165) is 24.9 Å². The summed E-state index contributed by atoms with van der Waals surface area (Å²) in [5, 5.41) is 2.86. The van der Waals surface area contributed by atoms with Gasteiger partial charge in [0, 0.05) is 30.2 Å². The van der Waals surface area contributed by atoms with Crippen molar-refractivity contribution in [1.82, 2.24) is 4.31 Å². The van der Waals surface area contributed by atoms with Gasteiger partial charge >= 0.3 is 0 Å². The predicted octanol–water partition coefficient (Wildman–Crippen LogP) is 2.74. The molecule has 1 fully saturated rings. The molecule has 142 valence electrons. The summed E-state index contributed by atoms with van der Waals surface area (Å²) in [7, 11) is -3.37. The third-order valence-electron chi connectivity index (χ3n) is 5.27.